The Hall–Kier alpha value is -1.73. The number of benzene rings is 1. The van der Waals surface area contributed by atoms with Gasteiger partial charge in [-0.1, -0.05) is 12.1 Å². The highest BCUT2D eigenvalue weighted by atomic mass is 79.9. The minimum absolute atomic E-state index is 0.118. The van der Waals surface area contributed by atoms with Crippen molar-refractivity contribution in [2.75, 3.05) is 18.0 Å². The zero-order valence-electron chi connectivity index (χ0n) is 14.7. The number of aryl methyl sites for hydroxylation is 2. The molecule has 1 saturated heterocycles. The van der Waals surface area contributed by atoms with Crippen LogP contribution in [-0.2, 0) is 16.0 Å². The maximum atomic E-state index is 12.6. The number of halogens is 1. The van der Waals surface area contributed by atoms with Crippen molar-refractivity contribution in [3.63, 3.8) is 0 Å². The van der Waals surface area contributed by atoms with Crippen molar-refractivity contribution in [3.8, 4) is 0 Å². The van der Waals surface area contributed by atoms with E-state index in [2.05, 4.69) is 31.6 Å². The number of thiazole rings is 1. The lowest BCUT2D eigenvalue weighted by Crippen LogP contribution is -2.37. The first-order chi connectivity index (χ1) is 12.6. The summed E-state index contributed by atoms with van der Waals surface area (Å²) >= 11 is 5.15. The first-order valence-corrected chi connectivity index (χ1v) is 10.5. The van der Waals surface area contributed by atoms with Gasteiger partial charge in [-0.2, -0.15) is 0 Å². The molecule has 1 aromatic heterocycles. The third-order valence-electron chi connectivity index (χ3n) is 4.45. The first-order valence-electron chi connectivity index (χ1n) is 8.81. The van der Waals surface area contributed by atoms with Gasteiger partial charge in [0.2, 0.25) is 11.8 Å². The first kappa shape index (κ1) is 19.0. The Morgan fingerprint density at radius 2 is 2.19 bits per heavy atom. The number of aromatic nitrogens is 1. The lowest BCUT2D eigenvalue weighted by atomic mass is 10.1. The second kappa shape index (κ2) is 8.77. The Kier molecular flexibility index (Phi) is 6.43. The third-order valence-corrected chi connectivity index (χ3v) is 6.15. The average molecular weight is 436 g/mol. The number of nitrogens with one attached hydrogen (secondary N) is 1. The standard InChI is InChI=1S/C19H22BrN3O2S/c1-13-12-26-17(22-13)8-4-5-10-21-18(24)14-9-11-23(19(14)25)16-7-3-2-6-15(16)20/h2-3,6-7,12,14H,4-5,8-11H2,1H3,(H,21,24). The molecule has 1 unspecified atom stereocenters. The van der Waals surface area contributed by atoms with E-state index in [0.29, 0.717) is 19.5 Å². The molecule has 26 heavy (non-hydrogen) atoms. The van der Waals surface area contributed by atoms with E-state index in [1.165, 1.54) is 0 Å². The summed E-state index contributed by atoms with van der Waals surface area (Å²) in [6, 6.07) is 7.60. The maximum absolute atomic E-state index is 12.6. The van der Waals surface area contributed by atoms with Gasteiger partial charge in [-0.3, -0.25) is 9.59 Å². The predicted octanol–water partition coefficient (Wildman–Crippen LogP) is 3.71. The second-order valence-electron chi connectivity index (χ2n) is 6.41. The van der Waals surface area contributed by atoms with Crippen LogP contribution in [0.15, 0.2) is 34.1 Å². The number of unbranched alkanes of at least 4 members (excludes halogenated alkanes) is 1. The molecular formula is C19H22BrN3O2S. The molecule has 1 fully saturated rings. The Labute approximate surface area is 165 Å². The van der Waals surface area contributed by atoms with Crippen LogP contribution in [0.5, 0.6) is 0 Å². The fraction of sp³-hybridized carbons (Fsp3) is 0.421. The molecule has 138 valence electrons. The van der Waals surface area contributed by atoms with Gasteiger partial charge in [0.05, 0.1) is 10.7 Å². The van der Waals surface area contributed by atoms with Crippen LogP contribution >= 0.6 is 27.3 Å². The summed E-state index contributed by atoms with van der Waals surface area (Å²) < 4.78 is 0.867. The minimum atomic E-state index is -0.580. The fourth-order valence-electron chi connectivity index (χ4n) is 3.09. The zero-order valence-corrected chi connectivity index (χ0v) is 17.1. The van der Waals surface area contributed by atoms with E-state index in [0.717, 1.165) is 40.1 Å². The normalized spacial score (nSPS) is 16.9. The molecule has 5 nitrogen and oxygen atoms in total. The van der Waals surface area contributed by atoms with Gasteiger partial charge in [-0.25, -0.2) is 4.98 Å². The molecule has 0 radical (unpaired) electrons. The van der Waals surface area contributed by atoms with Crippen LogP contribution in [-0.4, -0.2) is 29.9 Å². The minimum Gasteiger partial charge on any atom is -0.355 e. The quantitative estimate of drug-likeness (QED) is 0.532. The predicted molar refractivity (Wildman–Crippen MR) is 107 cm³/mol. The van der Waals surface area contributed by atoms with E-state index in [-0.39, 0.29) is 11.8 Å². The van der Waals surface area contributed by atoms with E-state index in [1.807, 2.05) is 31.2 Å². The number of nitrogens with zero attached hydrogens (tertiary/aromatic N) is 2. The summed E-state index contributed by atoms with van der Waals surface area (Å²) in [5.41, 5.74) is 1.89. The maximum Gasteiger partial charge on any atom is 0.239 e. The van der Waals surface area contributed by atoms with Gasteiger partial charge in [0.15, 0.2) is 0 Å². The van der Waals surface area contributed by atoms with E-state index in [1.54, 1.807) is 16.2 Å². The van der Waals surface area contributed by atoms with Crippen molar-refractivity contribution in [2.45, 2.75) is 32.6 Å². The molecule has 1 atom stereocenters. The number of amides is 2. The molecule has 2 amide bonds. The lowest BCUT2D eigenvalue weighted by molar-refractivity contribution is -0.132. The highest BCUT2D eigenvalue weighted by Gasteiger charge is 2.37. The molecule has 0 aliphatic carbocycles. The van der Waals surface area contributed by atoms with Crippen molar-refractivity contribution >= 4 is 44.8 Å². The highest BCUT2D eigenvalue weighted by Crippen LogP contribution is 2.31. The number of hydrogen-bond donors (Lipinski definition) is 1. The van der Waals surface area contributed by atoms with Crippen molar-refractivity contribution < 1.29 is 9.59 Å². The van der Waals surface area contributed by atoms with Gasteiger partial charge >= 0.3 is 0 Å². The van der Waals surface area contributed by atoms with Gasteiger partial charge in [0.25, 0.3) is 0 Å². The Bertz CT molecular complexity index is 793. The number of carbonyl (C=O) groups excluding carboxylic acids is 2. The molecule has 0 bridgehead atoms. The summed E-state index contributed by atoms with van der Waals surface area (Å²) in [4.78, 5) is 31.1. The monoisotopic (exact) mass is 435 g/mol. The number of anilines is 1. The van der Waals surface area contributed by atoms with Crippen LogP contribution in [0, 0.1) is 12.8 Å². The summed E-state index contributed by atoms with van der Waals surface area (Å²) in [6.45, 7) is 3.17. The third kappa shape index (κ3) is 4.51. The van der Waals surface area contributed by atoms with Crippen LogP contribution in [0.4, 0.5) is 5.69 Å². The molecule has 0 spiro atoms. The second-order valence-corrected chi connectivity index (χ2v) is 8.21. The summed E-state index contributed by atoms with van der Waals surface area (Å²) in [5.74, 6) is -0.856. The van der Waals surface area contributed by atoms with E-state index in [4.69, 9.17) is 0 Å². The molecule has 2 heterocycles. The molecule has 1 aromatic carbocycles. The Morgan fingerprint density at radius 1 is 1.38 bits per heavy atom. The molecule has 1 aliphatic heterocycles. The summed E-state index contributed by atoms with van der Waals surface area (Å²) in [5, 5.41) is 6.12. The number of para-hydroxylation sites is 1. The summed E-state index contributed by atoms with van der Waals surface area (Å²) in [6.07, 6.45) is 3.37. The smallest absolute Gasteiger partial charge is 0.239 e. The molecule has 3 rings (SSSR count). The van der Waals surface area contributed by atoms with Crippen molar-refractivity contribution in [1.82, 2.24) is 10.3 Å². The van der Waals surface area contributed by atoms with Crippen LogP contribution in [0.1, 0.15) is 30.0 Å². The van der Waals surface area contributed by atoms with E-state index < -0.39 is 5.92 Å². The van der Waals surface area contributed by atoms with Crippen molar-refractivity contribution in [1.29, 1.82) is 0 Å². The molecule has 0 saturated carbocycles. The average Bonchev–Trinajstić information content (AvgIpc) is 3.21. The number of hydrogen-bond acceptors (Lipinski definition) is 4. The molecule has 1 N–H and O–H groups in total. The largest absolute Gasteiger partial charge is 0.355 e. The highest BCUT2D eigenvalue weighted by molar-refractivity contribution is 9.10. The van der Waals surface area contributed by atoms with E-state index >= 15 is 0 Å². The van der Waals surface area contributed by atoms with Gasteiger partial charge in [-0.15, -0.1) is 11.3 Å². The van der Waals surface area contributed by atoms with Crippen molar-refractivity contribution in [3.05, 3.63) is 44.8 Å². The van der Waals surface area contributed by atoms with Crippen LogP contribution in [0.25, 0.3) is 0 Å². The molecule has 1 aliphatic rings. The Morgan fingerprint density at radius 3 is 2.92 bits per heavy atom. The van der Waals surface area contributed by atoms with Crippen LogP contribution < -0.4 is 10.2 Å². The zero-order chi connectivity index (χ0) is 18.5. The van der Waals surface area contributed by atoms with Crippen LogP contribution in [0.2, 0.25) is 0 Å². The molecule has 2 aromatic rings. The topological polar surface area (TPSA) is 62.3 Å². The number of carbonyl (C=O) groups is 2. The van der Waals surface area contributed by atoms with Gasteiger partial charge < -0.3 is 10.2 Å². The van der Waals surface area contributed by atoms with Gasteiger partial charge in [-0.05, 0) is 60.7 Å². The summed E-state index contributed by atoms with van der Waals surface area (Å²) in [7, 11) is 0. The Balaban J connectivity index is 1.44. The molecule has 7 heteroatoms. The van der Waals surface area contributed by atoms with Crippen molar-refractivity contribution in [2.24, 2.45) is 5.92 Å². The SMILES string of the molecule is Cc1csc(CCCCNC(=O)C2CCN(c3ccccc3Br)C2=O)n1. The molecular weight excluding hydrogens is 414 g/mol. The fourth-order valence-corrected chi connectivity index (χ4v) is 4.40. The van der Waals surface area contributed by atoms with E-state index in [9.17, 15) is 9.59 Å². The lowest BCUT2D eigenvalue weighted by Gasteiger charge is -2.18. The number of rotatable bonds is 7. The van der Waals surface area contributed by atoms with Gasteiger partial charge in [0, 0.05) is 28.6 Å². The van der Waals surface area contributed by atoms with Gasteiger partial charge in [0.1, 0.15) is 5.92 Å². The van der Waals surface area contributed by atoms with Crippen LogP contribution in [0.3, 0.4) is 0 Å².